The summed E-state index contributed by atoms with van der Waals surface area (Å²) in [5, 5.41) is 6.78. The summed E-state index contributed by atoms with van der Waals surface area (Å²) in [4.78, 5) is 0. The zero-order chi connectivity index (χ0) is 17.0. The minimum absolute atomic E-state index is 0. The van der Waals surface area contributed by atoms with Crippen molar-refractivity contribution < 1.29 is 13.3 Å². The molecule has 1 unspecified atom stereocenters. The van der Waals surface area contributed by atoms with E-state index >= 15 is 0 Å². The highest BCUT2D eigenvalue weighted by Crippen LogP contribution is 2.17. The molecule has 138 valence electrons. The normalized spacial score (nSPS) is 12.3. The summed E-state index contributed by atoms with van der Waals surface area (Å²) in [6, 6.07) is 11.5. The van der Waals surface area contributed by atoms with Crippen molar-refractivity contribution in [3.05, 3.63) is 48.7 Å². The van der Waals surface area contributed by atoms with E-state index in [9.17, 15) is 0 Å². The van der Waals surface area contributed by atoms with E-state index in [4.69, 9.17) is 13.3 Å². The number of benzene rings is 1. The second-order valence-corrected chi connectivity index (χ2v) is 8.44. The number of rotatable bonds is 13. The van der Waals surface area contributed by atoms with Gasteiger partial charge in [-0.25, -0.2) is 0 Å². The maximum Gasteiger partial charge on any atom is 0.500 e. The number of nitrogens with one attached hydrogen (secondary N) is 2. The molecular weight excluding hydrogens is 344 g/mol. The Balaban J connectivity index is 0.00000529. The molecule has 2 N–H and O–H groups in total. The highest BCUT2D eigenvalue weighted by atomic mass is 35.5. The van der Waals surface area contributed by atoms with Gasteiger partial charge in [-0.1, -0.05) is 36.9 Å². The van der Waals surface area contributed by atoms with Crippen LogP contribution >= 0.6 is 12.4 Å². The average Bonchev–Trinajstić information content (AvgIpc) is 2.61. The third-order valence-corrected chi connectivity index (χ3v) is 6.69. The third-order valence-electron chi connectivity index (χ3n) is 3.93. The molecule has 0 fully saturated rings. The van der Waals surface area contributed by atoms with E-state index in [2.05, 4.69) is 41.5 Å². The molecule has 1 aromatic carbocycles. The van der Waals surface area contributed by atoms with Crippen molar-refractivity contribution >= 4 is 21.2 Å². The molecule has 0 saturated heterocycles. The Labute approximate surface area is 153 Å². The lowest BCUT2D eigenvalue weighted by Gasteiger charge is -2.26. The average molecular weight is 375 g/mol. The van der Waals surface area contributed by atoms with Crippen LogP contribution in [0.25, 0.3) is 0 Å². The summed E-state index contributed by atoms with van der Waals surface area (Å²) in [6.07, 6.45) is 3.67. The predicted molar refractivity (Wildman–Crippen MR) is 103 cm³/mol. The van der Waals surface area contributed by atoms with Crippen LogP contribution in [0, 0.1) is 0 Å². The third kappa shape index (κ3) is 8.28. The van der Waals surface area contributed by atoms with Crippen molar-refractivity contribution in [1.29, 1.82) is 0 Å². The maximum absolute atomic E-state index is 5.47. The van der Waals surface area contributed by atoms with E-state index in [-0.39, 0.29) is 12.4 Å². The van der Waals surface area contributed by atoms with Gasteiger partial charge in [-0.05, 0) is 31.1 Å². The van der Waals surface area contributed by atoms with Crippen LogP contribution in [0.5, 0.6) is 0 Å². The Morgan fingerprint density at radius 1 is 1.08 bits per heavy atom. The van der Waals surface area contributed by atoms with Gasteiger partial charge in [0.2, 0.25) is 0 Å². The summed E-state index contributed by atoms with van der Waals surface area (Å²) in [5.41, 5.74) is 1.30. The number of hydrogen-bond donors (Lipinski definition) is 2. The Morgan fingerprint density at radius 2 is 1.71 bits per heavy atom. The molecule has 0 aromatic heterocycles. The van der Waals surface area contributed by atoms with Crippen LogP contribution in [0.15, 0.2) is 43.1 Å². The first-order valence-corrected chi connectivity index (χ1v) is 9.90. The van der Waals surface area contributed by atoms with E-state index in [0.29, 0.717) is 6.04 Å². The van der Waals surface area contributed by atoms with Crippen molar-refractivity contribution in [3.8, 4) is 0 Å². The largest absolute Gasteiger partial charge is 0.500 e. The van der Waals surface area contributed by atoms with E-state index in [1.54, 1.807) is 27.5 Å². The fraction of sp³-hybridized carbons (Fsp3) is 0.529. The lowest BCUT2D eigenvalue weighted by molar-refractivity contribution is 0.122. The van der Waals surface area contributed by atoms with Crippen molar-refractivity contribution in [3.63, 3.8) is 0 Å². The molecular formula is C17H31ClN2O3Si. The van der Waals surface area contributed by atoms with Gasteiger partial charge in [0.1, 0.15) is 0 Å². The summed E-state index contributed by atoms with van der Waals surface area (Å²) in [7, 11) is 2.44. The van der Waals surface area contributed by atoms with Gasteiger partial charge in [0.15, 0.2) is 0 Å². The highest BCUT2D eigenvalue weighted by molar-refractivity contribution is 6.60. The molecule has 7 heteroatoms. The molecule has 24 heavy (non-hydrogen) atoms. The highest BCUT2D eigenvalue weighted by Gasteiger charge is 2.37. The molecule has 5 nitrogen and oxygen atoms in total. The first-order chi connectivity index (χ1) is 11.2. The zero-order valence-corrected chi connectivity index (χ0v) is 16.7. The first-order valence-electron chi connectivity index (χ1n) is 7.96. The summed E-state index contributed by atoms with van der Waals surface area (Å²) < 4.78 is 16.4. The summed E-state index contributed by atoms with van der Waals surface area (Å²) >= 11 is 0. The predicted octanol–water partition coefficient (Wildman–Crippen LogP) is 2.96. The first kappa shape index (κ1) is 23.1. The quantitative estimate of drug-likeness (QED) is 0.410. The van der Waals surface area contributed by atoms with Gasteiger partial charge in [-0.2, -0.15) is 0 Å². The van der Waals surface area contributed by atoms with Gasteiger partial charge in [0.25, 0.3) is 0 Å². The molecule has 0 bridgehead atoms. The van der Waals surface area contributed by atoms with Crippen LogP contribution in [0.3, 0.4) is 0 Å². The van der Waals surface area contributed by atoms with Gasteiger partial charge >= 0.3 is 8.80 Å². The standard InChI is InChI=1S/C17H30N2O3Si.ClH/c1-5-19-17(12-14-23(20-2,21-3)22-4)11-13-18-15-16-9-7-6-8-10-16;/h5-10,17-19H,1,11-15H2,2-4H3;1H. The van der Waals surface area contributed by atoms with E-state index in [1.165, 1.54) is 5.56 Å². The minimum Gasteiger partial charge on any atom is -0.389 e. The molecule has 0 aliphatic heterocycles. The molecule has 0 spiro atoms. The van der Waals surface area contributed by atoms with Crippen molar-refractivity contribution in [2.75, 3.05) is 27.9 Å². The molecule has 0 heterocycles. The SMILES string of the molecule is C=CNC(CCNCc1ccccc1)CC[Si](OC)(OC)OC.Cl. The second kappa shape index (κ2) is 13.4. The van der Waals surface area contributed by atoms with Gasteiger partial charge in [-0.15, -0.1) is 12.4 Å². The molecule has 0 amide bonds. The second-order valence-electron chi connectivity index (χ2n) is 5.35. The zero-order valence-electron chi connectivity index (χ0n) is 14.9. The lowest BCUT2D eigenvalue weighted by Crippen LogP contribution is -2.44. The van der Waals surface area contributed by atoms with Crippen LogP contribution in [-0.2, 0) is 19.8 Å². The van der Waals surface area contributed by atoms with Crippen LogP contribution in [-0.4, -0.2) is 42.7 Å². The van der Waals surface area contributed by atoms with E-state index < -0.39 is 8.80 Å². The number of halogens is 1. The van der Waals surface area contributed by atoms with Crippen LogP contribution in [0.1, 0.15) is 18.4 Å². The van der Waals surface area contributed by atoms with Crippen LogP contribution in [0.2, 0.25) is 6.04 Å². The smallest absolute Gasteiger partial charge is 0.389 e. The van der Waals surface area contributed by atoms with Gasteiger partial charge in [0, 0.05) is 40.0 Å². The molecule has 0 aliphatic rings. The summed E-state index contributed by atoms with van der Waals surface area (Å²) in [5.74, 6) is 0. The van der Waals surface area contributed by atoms with Crippen LogP contribution < -0.4 is 10.6 Å². The molecule has 1 rings (SSSR count). The molecule has 1 atom stereocenters. The van der Waals surface area contributed by atoms with Gasteiger partial charge < -0.3 is 23.9 Å². The van der Waals surface area contributed by atoms with Gasteiger partial charge in [0.05, 0.1) is 0 Å². The van der Waals surface area contributed by atoms with Gasteiger partial charge in [-0.3, -0.25) is 0 Å². The topological polar surface area (TPSA) is 51.8 Å². The van der Waals surface area contributed by atoms with E-state index in [1.807, 2.05) is 6.07 Å². The Kier molecular flexibility index (Phi) is 12.9. The minimum atomic E-state index is -2.50. The van der Waals surface area contributed by atoms with Crippen LogP contribution in [0.4, 0.5) is 0 Å². The summed E-state index contributed by atoms with van der Waals surface area (Å²) in [6.45, 7) is 5.58. The Bertz CT molecular complexity index is 425. The van der Waals surface area contributed by atoms with Crippen molar-refractivity contribution in [2.24, 2.45) is 0 Å². The van der Waals surface area contributed by atoms with Crippen molar-refractivity contribution in [2.45, 2.75) is 31.5 Å². The fourth-order valence-electron chi connectivity index (χ4n) is 2.49. The number of hydrogen-bond acceptors (Lipinski definition) is 5. The van der Waals surface area contributed by atoms with E-state index in [0.717, 1.165) is 32.0 Å². The Morgan fingerprint density at radius 3 is 2.25 bits per heavy atom. The maximum atomic E-state index is 5.47. The van der Waals surface area contributed by atoms with Crippen molar-refractivity contribution in [1.82, 2.24) is 10.6 Å². The molecule has 0 radical (unpaired) electrons. The monoisotopic (exact) mass is 374 g/mol. The fourth-order valence-corrected chi connectivity index (χ4v) is 4.30. The Hall–Kier alpha value is -0.893. The lowest BCUT2D eigenvalue weighted by atomic mass is 10.1. The molecule has 0 aliphatic carbocycles. The molecule has 0 saturated carbocycles. The molecule has 1 aromatic rings.